The fourth-order valence-electron chi connectivity index (χ4n) is 3.33. The molecule has 1 heterocycles. The lowest BCUT2D eigenvalue weighted by Gasteiger charge is -2.29. The Hall–Kier alpha value is -2.63. The van der Waals surface area contributed by atoms with Crippen molar-refractivity contribution in [2.45, 2.75) is 32.0 Å². The van der Waals surface area contributed by atoms with Gasteiger partial charge < -0.3 is 9.47 Å². The quantitative estimate of drug-likeness (QED) is 0.450. The third-order valence-electron chi connectivity index (χ3n) is 5.17. The van der Waals surface area contributed by atoms with Crippen LogP contribution in [0.25, 0.3) is 11.1 Å². The van der Waals surface area contributed by atoms with Crippen LogP contribution in [0.5, 0.6) is 0 Å². The summed E-state index contributed by atoms with van der Waals surface area (Å²) in [5.74, 6) is -0.297. The maximum absolute atomic E-state index is 12.9. The van der Waals surface area contributed by atoms with Gasteiger partial charge in [-0.3, -0.25) is 4.39 Å². The van der Waals surface area contributed by atoms with Crippen LogP contribution in [0.1, 0.15) is 30.4 Å². The molecule has 0 saturated carbocycles. The van der Waals surface area contributed by atoms with Crippen molar-refractivity contribution in [2.24, 2.45) is 0 Å². The first-order valence-electron chi connectivity index (χ1n) is 10.5. The highest BCUT2D eigenvalue weighted by Gasteiger charge is 2.23. The van der Waals surface area contributed by atoms with Gasteiger partial charge in [0.25, 0.3) is 0 Å². The normalized spacial score (nSPS) is 18.2. The van der Waals surface area contributed by atoms with E-state index in [9.17, 15) is 13.2 Å². The largest absolute Gasteiger partial charge is 0.352 e. The zero-order valence-corrected chi connectivity index (χ0v) is 17.6. The molecule has 0 spiro atoms. The SMILES string of the molecule is CCc1ccc(C2COC(CCF)OC2)cc1.Fc1ccc(-c2cccc(F)c2)cc1. The highest BCUT2D eigenvalue weighted by atomic mass is 19.1. The first kappa shape index (κ1) is 23.0. The first-order chi connectivity index (χ1) is 15.1. The van der Waals surface area contributed by atoms with E-state index >= 15 is 0 Å². The molecule has 0 amide bonds. The Balaban J connectivity index is 0.000000179. The van der Waals surface area contributed by atoms with Crippen LogP contribution in [0.4, 0.5) is 13.2 Å². The predicted octanol–water partition coefficient (Wildman–Crippen LogP) is 6.70. The average molecular weight is 428 g/mol. The Bertz CT molecular complexity index is 918. The standard InChI is InChI=1S/C14H19FO2.C12H8F2/c1-2-11-3-5-12(6-4-11)13-9-16-14(7-8-15)17-10-13;13-11-6-4-9(5-7-11)10-2-1-3-12(14)8-10/h3-6,13-14H,2,7-10H2,1H3;1-8H. The van der Waals surface area contributed by atoms with Crippen LogP contribution >= 0.6 is 0 Å². The van der Waals surface area contributed by atoms with E-state index in [1.54, 1.807) is 24.3 Å². The fraction of sp³-hybridized carbons (Fsp3) is 0.308. The molecule has 0 radical (unpaired) electrons. The summed E-state index contributed by atoms with van der Waals surface area (Å²) < 4.78 is 48.5. The minimum Gasteiger partial charge on any atom is -0.352 e. The van der Waals surface area contributed by atoms with E-state index in [4.69, 9.17) is 9.47 Å². The monoisotopic (exact) mass is 428 g/mol. The van der Waals surface area contributed by atoms with E-state index < -0.39 is 0 Å². The van der Waals surface area contributed by atoms with E-state index in [0.29, 0.717) is 19.6 Å². The van der Waals surface area contributed by atoms with Crippen LogP contribution in [0, 0.1) is 11.6 Å². The van der Waals surface area contributed by atoms with E-state index in [1.807, 2.05) is 0 Å². The summed E-state index contributed by atoms with van der Waals surface area (Å²) in [6.45, 7) is 3.00. The highest BCUT2D eigenvalue weighted by molar-refractivity contribution is 5.63. The van der Waals surface area contributed by atoms with Gasteiger partial charge in [-0.25, -0.2) is 8.78 Å². The Morgan fingerprint density at radius 1 is 0.806 bits per heavy atom. The molecule has 0 atom stereocenters. The van der Waals surface area contributed by atoms with Crippen molar-refractivity contribution in [3.05, 3.63) is 95.6 Å². The maximum Gasteiger partial charge on any atom is 0.160 e. The van der Waals surface area contributed by atoms with Crippen LogP contribution < -0.4 is 0 Å². The summed E-state index contributed by atoms with van der Waals surface area (Å²) in [5, 5.41) is 0. The van der Waals surface area contributed by atoms with E-state index in [0.717, 1.165) is 17.5 Å². The maximum atomic E-state index is 12.9. The van der Waals surface area contributed by atoms with Gasteiger partial charge in [-0.15, -0.1) is 0 Å². The van der Waals surface area contributed by atoms with Gasteiger partial charge in [0.2, 0.25) is 0 Å². The number of hydrogen-bond donors (Lipinski definition) is 0. The number of rotatable bonds is 5. The molecule has 0 unspecified atom stereocenters. The van der Waals surface area contributed by atoms with Crippen LogP contribution in [-0.2, 0) is 15.9 Å². The topological polar surface area (TPSA) is 18.5 Å². The van der Waals surface area contributed by atoms with Crippen molar-refractivity contribution in [2.75, 3.05) is 19.9 Å². The lowest BCUT2D eigenvalue weighted by molar-refractivity contribution is -0.190. The molecule has 0 N–H and O–H groups in total. The van der Waals surface area contributed by atoms with Gasteiger partial charge in [0.1, 0.15) is 11.6 Å². The van der Waals surface area contributed by atoms with Gasteiger partial charge in [0.05, 0.1) is 19.9 Å². The van der Waals surface area contributed by atoms with Crippen LogP contribution in [0.3, 0.4) is 0 Å². The average Bonchev–Trinajstić information content (AvgIpc) is 2.81. The minimum absolute atomic E-state index is 0.275. The third kappa shape index (κ3) is 6.94. The minimum atomic E-state index is -0.388. The zero-order chi connectivity index (χ0) is 22.1. The summed E-state index contributed by atoms with van der Waals surface area (Å²) in [5.41, 5.74) is 4.14. The van der Waals surface area contributed by atoms with Crippen molar-refractivity contribution in [1.82, 2.24) is 0 Å². The lowest BCUT2D eigenvalue weighted by Crippen LogP contribution is -2.31. The second kappa shape index (κ2) is 11.7. The summed E-state index contributed by atoms with van der Waals surface area (Å²) in [4.78, 5) is 0. The molecule has 0 bridgehead atoms. The second-order valence-electron chi connectivity index (χ2n) is 7.38. The predicted molar refractivity (Wildman–Crippen MR) is 117 cm³/mol. The van der Waals surface area contributed by atoms with Gasteiger partial charge in [0.15, 0.2) is 6.29 Å². The van der Waals surface area contributed by atoms with Gasteiger partial charge in [-0.05, 0) is 52.9 Å². The molecule has 1 fully saturated rings. The van der Waals surface area contributed by atoms with E-state index in [2.05, 4.69) is 31.2 Å². The fourth-order valence-corrected chi connectivity index (χ4v) is 3.33. The molecule has 31 heavy (non-hydrogen) atoms. The molecule has 1 aliphatic rings. The van der Waals surface area contributed by atoms with E-state index in [-0.39, 0.29) is 30.5 Å². The Kier molecular flexibility index (Phi) is 8.68. The molecule has 0 aromatic heterocycles. The van der Waals surface area contributed by atoms with Crippen molar-refractivity contribution in [3.8, 4) is 11.1 Å². The highest BCUT2D eigenvalue weighted by Crippen LogP contribution is 2.24. The number of alkyl halides is 1. The molecule has 2 nitrogen and oxygen atoms in total. The molecular formula is C26H27F3O2. The van der Waals surface area contributed by atoms with Crippen molar-refractivity contribution >= 4 is 0 Å². The van der Waals surface area contributed by atoms with Gasteiger partial charge in [-0.1, -0.05) is 55.5 Å². The van der Waals surface area contributed by atoms with Crippen molar-refractivity contribution < 1.29 is 22.6 Å². The summed E-state index contributed by atoms with van der Waals surface area (Å²) in [6.07, 6.45) is 1.03. The number of hydrogen-bond acceptors (Lipinski definition) is 2. The molecule has 4 rings (SSSR count). The summed E-state index contributed by atoms with van der Waals surface area (Å²) >= 11 is 0. The molecule has 5 heteroatoms. The smallest absolute Gasteiger partial charge is 0.160 e. The number of ether oxygens (including phenoxy) is 2. The number of benzene rings is 3. The molecule has 3 aromatic carbocycles. The van der Waals surface area contributed by atoms with Crippen LogP contribution in [-0.4, -0.2) is 26.2 Å². The van der Waals surface area contributed by atoms with Gasteiger partial charge in [-0.2, -0.15) is 0 Å². The summed E-state index contributed by atoms with van der Waals surface area (Å²) in [7, 11) is 0. The Labute approximate surface area is 181 Å². The number of halogens is 3. The Morgan fingerprint density at radius 2 is 1.48 bits per heavy atom. The van der Waals surface area contributed by atoms with Crippen molar-refractivity contribution in [1.29, 1.82) is 0 Å². The van der Waals surface area contributed by atoms with E-state index in [1.165, 1.54) is 35.4 Å². The van der Waals surface area contributed by atoms with Crippen LogP contribution in [0.2, 0.25) is 0 Å². The molecule has 1 aliphatic heterocycles. The molecule has 3 aromatic rings. The van der Waals surface area contributed by atoms with Gasteiger partial charge >= 0.3 is 0 Å². The molecule has 0 aliphatic carbocycles. The van der Waals surface area contributed by atoms with Crippen molar-refractivity contribution in [3.63, 3.8) is 0 Å². The second-order valence-corrected chi connectivity index (χ2v) is 7.38. The molecular weight excluding hydrogens is 401 g/mol. The Morgan fingerprint density at radius 3 is 2.06 bits per heavy atom. The van der Waals surface area contributed by atoms with Gasteiger partial charge in [0, 0.05) is 12.3 Å². The number of aryl methyl sites for hydroxylation is 1. The third-order valence-corrected chi connectivity index (χ3v) is 5.17. The lowest BCUT2D eigenvalue weighted by atomic mass is 9.98. The zero-order valence-electron chi connectivity index (χ0n) is 17.6. The summed E-state index contributed by atoms with van der Waals surface area (Å²) in [6, 6.07) is 20.8. The first-order valence-corrected chi connectivity index (χ1v) is 10.5. The molecule has 1 saturated heterocycles. The van der Waals surface area contributed by atoms with Crippen LogP contribution in [0.15, 0.2) is 72.8 Å². The molecule has 164 valence electrons.